The van der Waals surface area contributed by atoms with Crippen molar-refractivity contribution in [3.8, 4) is 0 Å². The lowest BCUT2D eigenvalue weighted by molar-refractivity contribution is 0.399. The molecule has 1 aromatic rings. The molecule has 1 heterocycles. The van der Waals surface area contributed by atoms with Crippen LogP contribution in [0.5, 0.6) is 0 Å². The van der Waals surface area contributed by atoms with Gasteiger partial charge in [0.15, 0.2) is 5.03 Å². The smallest absolute Gasteiger partial charge is 0.260 e. The highest BCUT2D eigenvalue weighted by atomic mass is 32.2. The maximum atomic E-state index is 12.1. The fraction of sp³-hybridized carbons (Fsp3) is 0.700. The molecule has 7 heteroatoms. The first-order valence-electron chi connectivity index (χ1n) is 5.69. The number of sulfonamides is 1. The van der Waals surface area contributed by atoms with E-state index >= 15 is 0 Å². The standard InChI is InChI=1S/C10H18N4O2S/c1-14-6-9(12-8-14)17(15,16)13-10(7-11)4-2-3-5-10/h6,8,13H,2-5,7,11H2,1H3. The molecule has 0 amide bonds. The summed E-state index contributed by atoms with van der Waals surface area (Å²) in [5.74, 6) is 0. The fourth-order valence-corrected chi connectivity index (χ4v) is 3.72. The molecule has 0 bridgehead atoms. The molecule has 0 atom stereocenters. The second-order valence-electron chi connectivity index (χ2n) is 4.67. The van der Waals surface area contributed by atoms with E-state index in [9.17, 15) is 8.42 Å². The highest BCUT2D eigenvalue weighted by molar-refractivity contribution is 7.89. The minimum atomic E-state index is -3.56. The fourth-order valence-electron chi connectivity index (χ4n) is 2.26. The Morgan fingerprint density at radius 1 is 1.53 bits per heavy atom. The van der Waals surface area contributed by atoms with Crippen LogP contribution in [0, 0.1) is 0 Å². The van der Waals surface area contributed by atoms with Crippen molar-refractivity contribution in [3.05, 3.63) is 12.5 Å². The summed E-state index contributed by atoms with van der Waals surface area (Å²) < 4.78 is 28.6. The Hall–Kier alpha value is -0.920. The van der Waals surface area contributed by atoms with Crippen LogP contribution >= 0.6 is 0 Å². The van der Waals surface area contributed by atoms with Gasteiger partial charge in [-0.25, -0.2) is 18.1 Å². The zero-order valence-electron chi connectivity index (χ0n) is 9.89. The Labute approximate surface area is 101 Å². The molecule has 3 N–H and O–H groups in total. The van der Waals surface area contributed by atoms with E-state index in [1.165, 1.54) is 12.5 Å². The van der Waals surface area contributed by atoms with Crippen molar-refractivity contribution in [1.29, 1.82) is 0 Å². The summed E-state index contributed by atoms with van der Waals surface area (Å²) in [5, 5.41) is 0.0553. The first kappa shape index (κ1) is 12.5. The minimum Gasteiger partial charge on any atom is -0.339 e. The van der Waals surface area contributed by atoms with Gasteiger partial charge in [0.05, 0.1) is 6.33 Å². The lowest BCUT2D eigenvalue weighted by atomic mass is 10.0. The molecule has 1 aliphatic rings. The molecular weight excluding hydrogens is 240 g/mol. The van der Waals surface area contributed by atoms with E-state index in [0.717, 1.165) is 25.7 Å². The number of nitrogens with two attached hydrogens (primary N) is 1. The van der Waals surface area contributed by atoms with Crippen molar-refractivity contribution in [2.45, 2.75) is 36.2 Å². The Bertz CT molecular complexity index is 488. The SMILES string of the molecule is Cn1cnc(S(=O)(=O)NC2(CN)CCCC2)c1. The van der Waals surface area contributed by atoms with Crippen molar-refractivity contribution in [3.63, 3.8) is 0 Å². The zero-order chi connectivity index (χ0) is 12.5. The summed E-state index contributed by atoms with van der Waals surface area (Å²) >= 11 is 0. The molecule has 0 aromatic carbocycles. The molecule has 0 aliphatic heterocycles. The molecule has 1 fully saturated rings. The van der Waals surface area contributed by atoms with Crippen LogP contribution in [-0.4, -0.2) is 30.1 Å². The quantitative estimate of drug-likeness (QED) is 0.793. The van der Waals surface area contributed by atoms with E-state index < -0.39 is 15.6 Å². The van der Waals surface area contributed by atoms with Gasteiger partial charge in [0.25, 0.3) is 10.0 Å². The monoisotopic (exact) mass is 258 g/mol. The highest BCUT2D eigenvalue weighted by Gasteiger charge is 2.37. The van der Waals surface area contributed by atoms with E-state index in [0.29, 0.717) is 6.54 Å². The average molecular weight is 258 g/mol. The highest BCUT2D eigenvalue weighted by Crippen LogP contribution is 2.30. The molecule has 0 spiro atoms. The second kappa shape index (κ2) is 4.40. The third-order valence-corrected chi connectivity index (χ3v) is 4.72. The summed E-state index contributed by atoms with van der Waals surface area (Å²) in [6, 6.07) is 0. The van der Waals surface area contributed by atoms with Gasteiger partial charge in [0.2, 0.25) is 0 Å². The van der Waals surface area contributed by atoms with Gasteiger partial charge >= 0.3 is 0 Å². The Kier molecular flexibility index (Phi) is 3.24. The van der Waals surface area contributed by atoms with Crippen LogP contribution in [0.2, 0.25) is 0 Å². The van der Waals surface area contributed by atoms with Gasteiger partial charge in [-0.3, -0.25) is 0 Å². The van der Waals surface area contributed by atoms with Gasteiger partial charge in [-0.1, -0.05) is 12.8 Å². The van der Waals surface area contributed by atoms with Gasteiger partial charge in [-0.05, 0) is 12.8 Å². The Morgan fingerprint density at radius 2 is 2.18 bits per heavy atom. The minimum absolute atomic E-state index is 0.0553. The third-order valence-electron chi connectivity index (χ3n) is 3.26. The average Bonchev–Trinajstić information content (AvgIpc) is 2.87. The number of hydrogen-bond donors (Lipinski definition) is 2. The van der Waals surface area contributed by atoms with Gasteiger partial charge in [-0.2, -0.15) is 0 Å². The van der Waals surface area contributed by atoms with Crippen LogP contribution in [0.25, 0.3) is 0 Å². The second-order valence-corrected chi connectivity index (χ2v) is 6.30. The first-order valence-corrected chi connectivity index (χ1v) is 7.18. The Balaban J connectivity index is 2.22. The summed E-state index contributed by atoms with van der Waals surface area (Å²) in [5.41, 5.74) is 5.23. The predicted octanol–water partition coefficient (Wildman–Crippen LogP) is -0.0301. The van der Waals surface area contributed by atoms with Crippen molar-refractivity contribution >= 4 is 10.0 Å². The van der Waals surface area contributed by atoms with Crippen molar-refractivity contribution in [2.75, 3.05) is 6.54 Å². The summed E-state index contributed by atoms with van der Waals surface area (Å²) in [6.45, 7) is 0.332. The van der Waals surface area contributed by atoms with Gasteiger partial charge in [0.1, 0.15) is 0 Å². The molecule has 1 aromatic heterocycles. The van der Waals surface area contributed by atoms with Gasteiger partial charge in [-0.15, -0.1) is 0 Å². The van der Waals surface area contributed by atoms with Crippen LogP contribution in [0.1, 0.15) is 25.7 Å². The maximum Gasteiger partial charge on any atom is 0.260 e. The normalized spacial score (nSPS) is 19.6. The lowest BCUT2D eigenvalue weighted by Gasteiger charge is -2.27. The van der Waals surface area contributed by atoms with Gasteiger partial charge < -0.3 is 10.3 Å². The van der Waals surface area contributed by atoms with Crippen molar-refractivity contribution in [1.82, 2.24) is 14.3 Å². The van der Waals surface area contributed by atoms with Crippen LogP contribution in [0.4, 0.5) is 0 Å². The molecule has 1 aliphatic carbocycles. The number of hydrogen-bond acceptors (Lipinski definition) is 4. The van der Waals surface area contributed by atoms with E-state index in [-0.39, 0.29) is 5.03 Å². The summed E-state index contributed by atoms with van der Waals surface area (Å²) in [6.07, 6.45) is 6.59. The Morgan fingerprint density at radius 3 is 2.65 bits per heavy atom. The molecule has 96 valence electrons. The van der Waals surface area contributed by atoms with Crippen molar-refractivity contribution < 1.29 is 8.42 Å². The van der Waals surface area contributed by atoms with Crippen molar-refractivity contribution in [2.24, 2.45) is 12.8 Å². The number of nitrogens with zero attached hydrogens (tertiary/aromatic N) is 2. The van der Waals surface area contributed by atoms with E-state index in [1.54, 1.807) is 11.6 Å². The van der Waals surface area contributed by atoms with E-state index in [2.05, 4.69) is 9.71 Å². The maximum absolute atomic E-state index is 12.1. The molecule has 0 saturated heterocycles. The molecule has 2 rings (SSSR count). The number of nitrogens with one attached hydrogen (secondary N) is 1. The third kappa shape index (κ3) is 2.51. The van der Waals surface area contributed by atoms with Crippen LogP contribution in [0.3, 0.4) is 0 Å². The number of aromatic nitrogens is 2. The summed E-state index contributed by atoms with van der Waals surface area (Å²) in [4.78, 5) is 3.87. The van der Waals surface area contributed by atoms with Crippen LogP contribution < -0.4 is 10.5 Å². The summed E-state index contributed by atoms with van der Waals surface area (Å²) in [7, 11) is -1.82. The number of rotatable bonds is 4. The zero-order valence-corrected chi connectivity index (χ0v) is 10.7. The van der Waals surface area contributed by atoms with E-state index in [4.69, 9.17) is 5.73 Å². The largest absolute Gasteiger partial charge is 0.339 e. The van der Waals surface area contributed by atoms with E-state index in [1.807, 2.05) is 0 Å². The molecule has 0 radical (unpaired) electrons. The molecule has 0 unspecified atom stereocenters. The van der Waals surface area contributed by atoms with Gasteiger partial charge in [0, 0.05) is 25.3 Å². The lowest BCUT2D eigenvalue weighted by Crippen LogP contribution is -2.51. The molecule has 17 heavy (non-hydrogen) atoms. The first-order chi connectivity index (χ1) is 7.97. The topological polar surface area (TPSA) is 90.0 Å². The van der Waals surface area contributed by atoms with Crippen LogP contribution in [-0.2, 0) is 17.1 Å². The number of aryl methyl sites for hydroxylation is 1. The predicted molar refractivity (Wildman–Crippen MR) is 63.8 cm³/mol. The molecule has 1 saturated carbocycles. The van der Waals surface area contributed by atoms with Crippen LogP contribution in [0.15, 0.2) is 17.6 Å². The number of imidazole rings is 1. The molecule has 6 nitrogen and oxygen atoms in total. The molecular formula is C10H18N4O2S.